The fourth-order valence-electron chi connectivity index (χ4n) is 1.03. The Balaban J connectivity index is 2.67. The van der Waals surface area contributed by atoms with E-state index in [0.717, 1.165) is 0 Å². The molecule has 1 heterocycles. The number of ether oxygens (including phenoxy) is 1. The van der Waals surface area contributed by atoms with E-state index in [-0.39, 0.29) is 18.1 Å². The van der Waals surface area contributed by atoms with E-state index >= 15 is 0 Å². The molecule has 15 heavy (non-hydrogen) atoms. The molecule has 0 aliphatic heterocycles. The summed E-state index contributed by atoms with van der Waals surface area (Å²) in [4.78, 5) is 24.0. The summed E-state index contributed by atoms with van der Waals surface area (Å²) in [7, 11) is 1.27. The maximum Gasteiger partial charge on any atom is 0.325 e. The summed E-state index contributed by atoms with van der Waals surface area (Å²) in [5.41, 5.74) is 0.181. The standard InChI is InChI=1S/C9H12N2O4/c1-3-11(6-8(12)14-2)9(13)7-4-5-15-10-7/h4-5H,3,6H2,1-2H3. The van der Waals surface area contributed by atoms with E-state index < -0.39 is 5.97 Å². The number of nitrogens with zero attached hydrogens (tertiary/aromatic N) is 2. The lowest BCUT2D eigenvalue weighted by molar-refractivity contribution is -0.141. The first-order chi connectivity index (χ1) is 7.19. The number of hydrogen-bond donors (Lipinski definition) is 0. The third-order valence-electron chi connectivity index (χ3n) is 1.87. The van der Waals surface area contributed by atoms with Crippen LogP contribution in [0.25, 0.3) is 0 Å². The number of likely N-dealkylation sites (N-methyl/N-ethyl adjacent to an activating group) is 1. The molecule has 0 unspecified atom stereocenters. The normalized spacial score (nSPS) is 9.73. The van der Waals surface area contributed by atoms with Crippen LogP contribution in [0.1, 0.15) is 17.4 Å². The van der Waals surface area contributed by atoms with Gasteiger partial charge in [0, 0.05) is 12.6 Å². The average Bonchev–Trinajstić information content (AvgIpc) is 2.77. The Morgan fingerprint density at radius 1 is 1.60 bits per heavy atom. The van der Waals surface area contributed by atoms with Gasteiger partial charge in [0.1, 0.15) is 12.8 Å². The molecule has 6 nitrogen and oxygen atoms in total. The number of rotatable bonds is 4. The zero-order chi connectivity index (χ0) is 11.3. The van der Waals surface area contributed by atoms with Crippen molar-refractivity contribution >= 4 is 11.9 Å². The molecule has 0 saturated carbocycles. The molecule has 1 rings (SSSR count). The second kappa shape index (κ2) is 5.14. The van der Waals surface area contributed by atoms with Crippen LogP contribution in [0.2, 0.25) is 0 Å². The largest absolute Gasteiger partial charge is 0.468 e. The molecule has 1 aromatic rings. The van der Waals surface area contributed by atoms with Gasteiger partial charge in [-0.15, -0.1) is 0 Å². The molecule has 0 aliphatic rings. The van der Waals surface area contributed by atoms with Gasteiger partial charge in [0.2, 0.25) is 0 Å². The van der Waals surface area contributed by atoms with Crippen molar-refractivity contribution in [3.63, 3.8) is 0 Å². The fraction of sp³-hybridized carbons (Fsp3) is 0.444. The van der Waals surface area contributed by atoms with Gasteiger partial charge in [-0.05, 0) is 6.92 Å². The van der Waals surface area contributed by atoms with Crippen LogP contribution < -0.4 is 0 Å². The zero-order valence-corrected chi connectivity index (χ0v) is 8.60. The number of methoxy groups -OCH3 is 1. The summed E-state index contributed by atoms with van der Waals surface area (Å²) in [6.07, 6.45) is 1.30. The third-order valence-corrected chi connectivity index (χ3v) is 1.87. The van der Waals surface area contributed by atoms with E-state index in [1.54, 1.807) is 6.92 Å². The van der Waals surface area contributed by atoms with E-state index in [4.69, 9.17) is 0 Å². The van der Waals surface area contributed by atoms with Crippen LogP contribution in [-0.4, -0.2) is 42.1 Å². The number of esters is 1. The highest BCUT2D eigenvalue weighted by Crippen LogP contribution is 2.01. The Hall–Kier alpha value is -1.85. The van der Waals surface area contributed by atoms with Gasteiger partial charge >= 0.3 is 5.97 Å². The molecule has 0 aromatic carbocycles. The molecule has 0 saturated heterocycles. The van der Waals surface area contributed by atoms with Crippen molar-refractivity contribution in [2.75, 3.05) is 20.2 Å². The maximum absolute atomic E-state index is 11.7. The second-order valence-electron chi connectivity index (χ2n) is 2.78. The van der Waals surface area contributed by atoms with Crippen molar-refractivity contribution in [1.82, 2.24) is 10.1 Å². The number of carbonyl (C=O) groups is 2. The molecular formula is C9H12N2O4. The Labute approximate surface area is 86.8 Å². The van der Waals surface area contributed by atoms with Gasteiger partial charge in [-0.25, -0.2) is 0 Å². The van der Waals surface area contributed by atoms with Crippen molar-refractivity contribution in [3.05, 3.63) is 18.0 Å². The first-order valence-electron chi connectivity index (χ1n) is 4.45. The smallest absolute Gasteiger partial charge is 0.325 e. The van der Waals surface area contributed by atoms with Gasteiger partial charge in [-0.3, -0.25) is 9.59 Å². The first kappa shape index (κ1) is 11.2. The molecule has 0 bridgehead atoms. The molecule has 6 heteroatoms. The molecule has 0 atom stereocenters. The molecule has 82 valence electrons. The minimum atomic E-state index is -0.464. The van der Waals surface area contributed by atoms with Crippen molar-refractivity contribution in [3.8, 4) is 0 Å². The van der Waals surface area contributed by atoms with E-state index in [9.17, 15) is 9.59 Å². The topological polar surface area (TPSA) is 72.6 Å². The molecule has 0 radical (unpaired) electrons. The molecule has 0 N–H and O–H groups in total. The number of amides is 1. The minimum absolute atomic E-state index is 0.0846. The van der Waals surface area contributed by atoms with Gasteiger partial charge < -0.3 is 14.2 Å². The highest BCUT2D eigenvalue weighted by Gasteiger charge is 2.19. The zero-order valence-electron chi connectivity index (χ0n) is 8.60. The van der Waals surface area contributed by atoms with Crippen LogP contribution in [-0.2, 0) is 9.53 Å². The van der Waals surface area contributed by atoms with Crippen LogP contribution in [0.3, 0.4) is 0 Å². The lowest BCUT2D eigenvalue weighted by atomic mass is 10.3. The van der Waals surface area contributed by atoms with Gasteiger partial charge in [0.05, 0.1) is 7.11 Å². The average molecular weight is 212 g/mol. The van der Waals surface area contributed by atoms with Crippen LogP contribution in [0.4, 0.5) is 0 Å². The van der Waals surface area contributed by atoms with Gasteiger partial charge in [0.15, 0.2) is 5.69 Å². The Kier molecular flexibility index (Phi) is 3.84. The van der Waals surface area contributed by atoms with Crippen molar-refractivity contribution in [2.24, 2.45) is 0 Å². The monoisotopic (exact) mass is 212 g/mol. The molecule has 1 aromatic heterocycles. The minimum Gasteiger partial charge on any atom is -0.468 e. The summed E-state index contributed by atoms with van der Waals surface area (Å²) in [5, 5.41) is 3.50. The van der Waals surface area contributed by atoms with E-state index in [1.807, 2.05) is 0 Å². The van der Waals surface area contributed by atoms with Crippen molar-refractivity contribution in [1.29, 1.82) is 0 Å². The SMILES string of the molecule is CCN(CC(=O)OC)C(=O)c1ccon1. The van der Waals surface area contributed by atoms with E-state index in [1.165, 1.54) is 24.3 Å². The van der Waals surface area contributed by atoms with Gasteiger partial charge in [-0.1, -0.05) is 5.16 Å². The molecule has 0 aliphatic carbocycles. The number of aromatic nitrogens is 1. The Bertz CT molecular complexity index is 334. The molecule has 0 fully saturated rings. The van der Waals surface area contributed by atoms with Gasteiger partial charge in [-0.2, -0.15) is 0 Å². The lowest BCUT2D eigenvalue weighted by Crippen LogP contribution is -2.36. The first-order valence-corrected chi connectivity index (χ1v) is 4.45. The highest BCUT2D eigenvalue weighted by atomic mass is 16.5. The predicted molar refractivity (Wildman–Crippen MR) is 50.1 cm³/mol. The summed E-state index contributed by atoms with van der Waals surface area (Å²) in [6.45, 7) is 2.08. The third kappa shape index (κ3) is 2.80. The lowest BCUT2D eigenvalue weighted by Gasteiger charge is -2.17. The molecular weight excluding hydrogens is 200 g/mol. The number of carbonyl (C=O) groups excluding carboxylic acids is 2. The van der Waals surface area contributed by atoms with Gasteiger partial charge in [0.25, 0.3) is 5.91 Å². The Morgan fingerprint density at radius 2 is 2.33 bits per heavy atom. The van der Waals surface area contributed by atoms with Crippen LogP contribution in [0.5, 0.6) is 0 Å². The van der Waals surface area contributed by atoms with Crippen molar-refractivity contribution in [2.45, 2.75) is 6.92 Å². The summed E-state index contributed by atoms with van der Waals surface area (Å²) in [5.74, 6) is -0.814. The summed E-state index contributed by atoms with van der Waals surface area (Å²) in [6, 6.07) is 1.45. The Morgan fingerprint density at radius 3 is 2.80 bits per heavy atom. The highest BCUT2D eigenvalue weighted by molar-refractivity contribution is 5.94. The molecule has 1 amide bonds. The van der Waals surface area contributed by atoms with Crippen molar-refractivity contribution < 1.29 is 18.8 Å². The predicted octanol–water partition coefficient (Wildman–Crippen LogP) is 0.310. The van der Waals surface area contributed by atoms with E-state index in [0.29, 0.717) is 6.54 Å². The summed E-state index contributed by atoms with van der Waals surface area (Å²) < 4.78 is 9.02. The maximum atomic E-state index is 11.7. The van der Waals surface area contributed by atoms with Crippen LogP contribution >= 0.6 is 0 Å². The van der Waals surface area contributed by atoms with E-state index in [2.05, 4.69) is 14.4 Å². The van der Waals surface area contributed by atoms with Crippen LogP contribution in [0.15, 0.2) is 16.9 Å². The molecule has 0 spiro atoms. The van der Waals surface area contributed by atoms with Crippen LogP contribution in [0, 0.1) is 0 Å². The summed E-state index contributed by atoms with van der Waals surface area (Å²) >= 11 is 0. The quantitative estimate of drug-likeness (QED) is 0.671. The fourth-order valence-corrected chi connectivity index (χ4v) is 1.03. The number of hydrogen-bond acceptors (Lipinski definition) is 5. The second-order valence-corrected chi connectivity index (χ2v) is 2.78.